The van der Waals surface area contributed by atoms with Gasteiger partial charge in [0.1, 0.15) is 0 Å². The van der Waals surface area contributed by atoms with Crippen molar-refractivity contribution in [3.63, 3.8) is 0 Å². The van der Waals surface area contributed by atoms with Crippen LogP contribution in [0.2, 0.25) is 0 Å². The van der Waals surface area contributed by atoms with Gasteiger partial charge in [0.15, 0.2) is 0 Å². The average Bonchev–Trinajstić information content (AvgIpc) is 2.97. The summed E-state index contributed by atoms with van der Waals surface area (Å²) >= 11 is 0. The molecule has 0 amide bonds. The number of hydrogen-bond acceptors (Lipinski definition) is 1. The standard InChI is InChI=1S/C17H21N/c1-4-12(2)14-7-8-15-16(11-14)18-13(3)17(15)9-5-6-10-17/h7-8,11,18H,2-6,9-10H2,1H3. The molecule has 1 aliphatic carbocycles. The maximum absolute atomic E-state index is 4.27. The average molecular weight is 239 g/mol. The fourth-order valence-electron chi connectivity index (χ4n) is 3.48. The molecule has 1 aromatic rings. The van der Waals surface area contributed by atoms with Crippen molar-refractivity contribution in [3.05, 3.63) is 48.2 Å². The summed E-state index contributed by atoms with van der Waals surface area (Å²) < 4.78 is 0. The summed E-state index contributed by atoms with van der Waals surface area (Å²) in [6.45, 7) is 10.5. The first kappa shape index (κ1) is 11.6. The van der Waals surface area contributed by atoms with E-state index in [2.05, 4.69) is 43.6 Å². The summed E-state index contributed by atoms with van der Waals surface area (Å²) in [4.78, 5) is 0. The maximum Gasteiger partial charge on any atom is 0.0430 e. The molecule has 94 valence electrons. The highest BCUT2D eigenvalue weighted by atomic mass is 15.0. The van der Waals surface area contributed by atoms with Gasteiger partial charge in [-0.2, -0.15) is 0 Å². The van der Waals surface area contributed by atoms with Gasteiger partial charge in [-0.3, -0.25) is 0 Å². The normalized spacial score (nSPS) is 19.9. The van der Waals surface area contributed by atoms with E-state index in [0.29, 0.717) is 0 Å². The summed E-state index contributed by atoms with van der Waals surface area (Å²) in [6.07, 6.45) is 6.15. The van der Waals surface area contributed by atoms with Crippen LogP contribution < -0.4 is 5.32 Å². The number of nitrogens with one attached hydrogen (secondary N) is 1. The van der Waals surface area contributed by atoms with Crippen molar-refractivity contribution in [2.45, 2.75) is 44.4 Å². The van der Waals surface area contributed by atoms with Crippen molar-refractivity contribution in [2.75, 3.05) is 5.32 Å². The fourth-order valence-corrected chi connectivity index (χ4v) is 3.48. The zero-order chi connectivity index (χ0) is 12.8. The van der Waals surface area contributed by atoms with E-state index >= 15 is 0 Å². The van der Waals surface area contributed by atoms with Crippen molar-refractivity contribution < 1.29 is 0 Å². The van der Waals surface area contributed by atoms with Gasteiger partial charge in [-0.15, -0.1) is 0 Å². The van der Waals surface area contributed by atoms with Crippen LogP contribution in [0.25, 0.3) is 5.57 Å². The predicted molar refractivity (Wildman–Crippen MR) is 78.7 cm³/mol. The first-order valence-electron chi connectivity index (χ1n) is 6.96. The second kappa shape index (κ2) is 4.01. The highest BCUT2D eigenvalue weighted by Gasteiger charge is 2.44. The largest absolute Gasteiger partial charge is 0.358 e. The van der Waals surface area contributed by atoms with Gasteiger partial charge in [-0.1, -0.05) is 45.1 Å². The van der Waals surface area contributed by atoms with Gasteiger partial charge in [0.2, 0.25) is 0 Å². The molecule has 0 saturated heterocycles. The summed E-state index contributed by atoms with van der Waals surface area (Å²) in [5.41, 5.74) is 6.60. The first-order chi connectivity index (χ1) is 8.67. The van der Waals surface area contributed by atoms with Crippen LogP contribution in [0.3, 0.4) is 0 Å². The quantitative estimate of drug-likeness (QED) is 0.777. The minimum absolute atomic E-state index is 0.224. The number of fused-ring (bicyclic) bond motifs is 2. The Hall–Kier alpha value is -1.50. The van der Waals surface area contributed by atoms with Crippen molar-refractivity contribution >= 4 is 11.3 Å². The van der Waals surface area contributed by atoms with Crippen LogP contribution >= 0.6 is 0 Å². The Morgan fingerprint density at radius 2 is 2.06 bits per heavy atom. The third-order valence-corrected chi connectivity index (χ3v) is 4.69. The maximum atomic E-state index is 4.27. The van der Waals surface area contributed by atoms with E-state index in [1.807, 2.05) is 0 Å². The van der Waals surface area contributed by atoms with Crippen LogP contribution in [0.5, 0.6) is 0 Å². The lowest BCUT2D eigenvalue weighted by Crippen LogP contribution is -2.21. The van der Waals surface area contributed by atoms with E-state index in [1.54, 1.807) is 0 Å². The van der Waals surface area contributed by atoms with Crippen molar-refractivity contribution in [3.8, 4) is 0 Å². The first-order valence-corrected chi connectivity index (χ1v) is 6.96. The van der Waals surface area contributed by atoms with Crippen molar-refractivity contribution in [1.29, 1.82) is 0 Å². The smallest absolute Gasteiger partial charge is 0.0430 e. The molecule has 1 aliphatic heterocycles. The molecule has 1 saturated carbocycles. The molecule has 18 heavy (non-hydrogen) atoms. The molecule has 1 N–H and O–H groups in total. The van der Waals surface area contributed by atoms with Crippen molar-refractivity contribution in [2.24, 2.45) is 0 Å². The van der Waals surface area contributed by atoms with Crippen molar-refractivity contribution in [1.82, 2.24) is 0 Å². The second-order valence-corrected chi connectivity index (χ2v) is 5.61. The lowest BCUT2D eigenvalue weighted by atomic mass is 9.78. The van der Waals surface area contributed by atoms with E-state index in [-0.39, 0.29) is 5.41 Å². The fraction of sp³-hybridized carbons (Fsp3) is 0.412. The third-order valence-electron chi connectivity index (χ3n) is 4.69. The zero-order valence-corrected chi connectivity index (χ0v) is 11.2. The monoisotopic (exact) mass is 239 g/mol. The molecule has 0 atom stereocenters. The summed E-state index contributed by atoms with van der Waals surface area (Å²) in [7, 11) is 0. The Kier molecular flexibility index (Phi) is 2.58. The highest BCUT2D eigenvalue weighted by Crippen LogP contribution is 2.53. The van der Waals surface area contributed by atoms with Gasteiger partial charge < -0.3 is 5.32 Å². The number of allylic oxidation sites excluding steroid dienone is 2. The van der Waals surface area contributed by atoms with Crippen LogP contribution in [0.1, 0.15) is 50.2 Å². The molecule has 1 spiro atoms. The van der Waals surface area contributed by atoms with Gasteiger partial charge in [0.05, 0.1) is 0 Å². The molecule has 2 aliphatic rings. The number of hydrogen-bond donors (Lipinski definition) is 1. The minimum Gasteiger partial charge on any atom is -0.358 e. The van der Waals surface area contributed by atoms with Gasteiger partial charge in [0.25, 0.3) is 0 Å². The Morgan fingerprint density at radius 3 is 2.72 bits per heavy atom. The Labute approximate surface area is 110 Å². The molecule has 0 aromatic heterocycles. The van der Waals surface area contributed by atoms with Gasteiger partial charge >= 0.3 is 0 Å². The molecule has 1 heteroatoms. The van der Waals surface area contributed by atoms with E-state index in [1.165, 1.54) is 53.8 Å². The zero-order valence-electron chi connectivity index (χ0n) is 11.2. The lowest BCUT2D eigenvalue weighted by molar-refractivity contribution is 0.547. The Morgan fingerprint density at radius 1 is 1.33 bits per heavy atom. The number of benzene rings is 1. The molecule has 1 heterocycles. The third kappa shape index (κ3) is 1.46. The molecule has 1 aromatic carbocycles. The van der Waals surface area contributed by atoms with Crippen LogP contribution in [0, 0.1) is 0 Å². The molecule has 0 unspecified atom stereocenters. The van der Waals surface area contributed by atoms with E-state index in [9.17, 15) is 0 Å². The molecule has 1 nitrogen and oxygen atoms in total. The van der Waals surface area contributed by atoms with Crippen LogP contribution in [0.4, 0.5) is 5.69 Å². The summed E-state index contributed by atoms with van der Waals surface area (Å²) in [5, 5.41) is 3.51. The minimum atomic E-state index is 0.224. The topological polar surface area (TPSA) is 12.0 Å². The highest BCUT2D eigenvalue weighted by molar-refractivity contribution is 5.75. The molecule has 3 rings (SSSR count). The summed E-state index contributed by atoms with van der Waals surface area (Å²) in [5.74, 6) is 0. The van der Waals surface area contributed by atoms with Gasteiger partial charge in [0, 0.05) is 16.8 Å². The molecular weight excluding hydrogens is 218 g/mol. The van der Waals surface area contributed by atoms with Gasteiger partial charge in [-0.25, -0.2) is 0 Å². The second-order valence-electron chi connectivity index (χ2n) is 5.61. The SMILES string of the molecule is C=C(CC)c1ccc2c(c1)NC(=C)C21CCCC1. The van der Waals surface area contributed by atoms with Crippen LogP contribution in [0.15, 0.2) is 37.1 Å². The Bertz CT molecular complexity index is 518. The summed E-state index contributed by atoms with van der Waals surface area (Å²) in [6, 6.07) is 6.77. The van der Waals surface area contributed by atoms with E-state index in [0.717, 1.165) is 6.42 Å². The van der Waals surface area contributed by atoms with Crippen LogP contribution in [-0.4, -0.2) is 0 Å². The molecular formula is C17H21N. The molecule has 1 fully saturated rings. The number of rotatable bonds is 2. The van der Waals surface area contributed by atoms with E-state index in [4.69, 9.17) is 0 Å². The predicted octanol–water partition coefficient (Wildman–Crippen LogP) is 4.86. The van der Waals surface area contributed by atoms with Crippen LogP contribution in [-0.2, 0) is 5.41 Å². The van der Waals surface area contributed by atoms with Gasteiger partial charge in [-0.05, 0) is 42.0 Å². The molecule has 0 radical (unpaired) electrons. The lowest BCUT2D eigenvalue weighted by Gasteiger charge is -2.24. The Balaban J connectivity index is 2.06. The number of anilines is 1. The van der Waals surface area contributed by atoms with E-state index < -0.39 is 0 Å². The molecule has 0 bridgehead atoms.